The molecule has 1 heterocycles. The second-order valence-electron chi connectivity index (χ2n) is 6.14. The first-order valence-corrected chi connectivity index (χ1v) is 6.72. The first kappa shape index (κ1) is 19.1. The zero-order valence-corrected chi connectivity index (χ0v) is 14.0. The van der Waals surface area contributed by atoms with E-state index in [1.54, 1.807) is 7.05 Å². The summed E-state index contributed by atoms with van der Waals surface area (Å²) in [6.45, 7) is 7.60. The fourth-order valence-electron chi connectivity index (χ4n) is 2.12. The number of hydrogen-bond donors (Lipinski definition) is 1. The number of benzene rings is 1. The number of rotatable bonds is 2. The molecule has 22 heavy (non-hydrogen) atoms. The molecule has 124 valence electrons. The molecule has 0 saturated carbocycles. The zero-order chi connectivity index (χ0) is 16.1. The largest absolute Gasteiger partial charge is 0.496 e. The van der Waals surface area contributed by atoms with Crippen LogP contribution >= 0.6 is 12.4 Å². The van der Waals surface area contributed by atoms with Crippen LogP contribution < -0.4 is 10.8 Å². The van der Waals surface area contributed by atoms with Gasteiger partial charge in [0.15, 0.2) is 0 Å². The summed E-state index contributed by atoms with van der Waals surface area (Å²) in [6.07, 6.45) is -4.37. The van der Waals surface area contributed by atoms with Crippen molar-refractivity contribution in [3.8, 4) is 0 Å². The van der Waals surface area contributed by atoms with Crippen LogP contribution in [-0.2, 0) is 15.5 Å². The van der Waals surface area contributed by atoms with Crippen LogP contribution in [0.1, 0.15) is 33.3 Å². The minimum atomic E-state index is -4.37. The fraction of sp³-hybridized carbons (Fsp3) is 0.571. The summed E-state index contributed by atoms with van der Waals surface area (Å²) in [4.78, 5) is 0. The van der Waals surface area contributed by atoms with E-state index >= 15 is 0 Å². The second-order valence-corrected chi connectivity index (χ2v) is 6.14. The Hall–Kier alpha value is -0.915. The average molecular weight is 338 g/mol. The molecule has 1 aliphatic heterocycles. The van der Waals surface area contributed by atoms with Crippen LogP contribution in [0.3, 0.4) is 0 Å². The van der Waals surface area contributed by atoms with Gasteiger partial charge in [0, 0.05) is 18.2 Å². The standard InChI is InChI=1S/C14H19BF3NO2.ClH/c1-12(2)13(3,4)21-15(20-12)10-7-6-9(14(16,17)18)8-11(10)19-5;/h6-8,19H,1-5H3;1H. The third-order valence-corrected chi connectivity index (χ3v) is 4.16. The first-order chi connectivity index (χ1) is 9.48. The monoisotopic (exact) mass is 337 g/mol. The zero-order valence-electron chi connectivity index (χ0n) is 13.2. The van der Waals surface area contributed by atoms with E-state index in [1.165, 1.54) is 6.07 Å². The van der Waals surface area contributed by atoms with Gasteiger partial charge in [-0.2, -0.15) is 13.2 Å². The lowest BCUT2D eigenvalue weighted by molar-refractivity contribution is -0.137. The second kappa shape index (κ2) is 5.94. The number of alkyl halides is 3. The van der Waals surface area contributed by atoms with Gasteiger partial charge >= 0.3 is 13.3 Å². The lowest BCUT2D eigenvalue weighted by atomic mass is 9.77. The van der Waals surface area contributed by atoms with Crippen LogP contribution in [0.2, 0.25) is 0 Å². The highest BCUT2D eigenvalue weighted by Gasteiger charge is 2.52. The van der Waals surface area contributed by atoms with Gasteiger partial charge in [-0.1, -0.05) is 12.1 Å². The number of hydrogen-bond acceptors (Lipinski definition) is 3. The van der Waals surface area contributed by atoms with Gasteiger partial charge in [0.1, 0.15) is 0 Å². The van der Waals surface area contributed by atoms with E-state index in [2.05, 4.69) is 5.32 Å². The molecule has 1 N–H and O–H groups in total. The molecular weight excluding hydrogens is 317 g/mol. The highest BCUT2D eigenvalue weighted by atomic mass is 35.5. The van der Waals surface area contributed by atoms with Crippen LogP contribution in [-0.4, -0.2) is 25.4 Å². The Balaban J connectivity index is 0.00000242. The topological polar surface area (TPSA) is 30.5 Å². The Labute approximate surface area is 135 Å². The molecular formula is C14H20BClF3NO2. The molecule has 0 bridgehead atoms. The Bertz CT molecular complexity index is 533. The Morgan fingerprint density at radius 2 is 1.55 bits per heavy atom. The maximum Gasteiger partial charge on any atom is 0.496 e. The quantitative estimate of drug-likeness (QED) is 0.838. The van der Waals surface area contributed by atoms with E-state index in [0.717, 1.165) is 12.1 Å². The van der Waals surface area contributed by atoms with Gasteiger partial charge in [-0.05, 0) is 33.8 Å². The highest BCUT2D eigenvalue weighted by molar-refractivity contribution is 6.64. The molecule has 0 aromatic heterocycles. The molecule has 3 nitrogen and oxygen atoms in total. The van der Waals surface area contributed by atoms with Gasteiger partial charge in [0.2, 0.25) is 0 Å². The summed E-state index contributed by atoms with van der Waals surface area (Å²) in [5.41, 5.74) is -0.865. The molecule has 0 unspecified atom stereocenters. The van der Waals surface area contributed by atoms with Crippen molar-refractivity contribution < 1.29 is 22.5 Å². The molecule has 1 aliphatic rings. The van der Waals surface area contributed by atoms with Crippen LogP contribution in [0.5, 0.6) is 0 Å². The van der Waals surface area contributed by atoms with Gasteiger partial charge in [-0.15, -0.1) is 12.4 Å². The summed E-state index contributed by atoms with van der Waals surface area (Å²) in [5, 5.41) is 2.78. The number of anilines is 1. The number of nitrogens with one attached hydrogen (secondary N) is 1. The predicted molar refractivity (Wildman–Crippen MR) is 84.0 cm³/mol. The van der Waals surface area contributed by atoms with E-state index in [9.17, 15) is 13.2 Å². The van der Waals surface area contributed by atoms with Crippen LogP contribution in [0.25, 0.3) is 0 Å². The summed E-state index contributed by atoms with van der Waals surface area (Å²) in [5.74, 6) is 0. The molecule has 1 aromatic carbocycles. The lowest BCUT2D eigenvalue weighted by Gasteiger charge is -2.32. The van der Waals surface area contributed by atoms with E-state index in [4.69, 9.17) is 9.31 Å². The van der Waals surface area contributed by atoms with Crippen LogP contribution in [0.4, 0.5) is 18.9 Å². The molecule has 0 aliphatic carbocycles. The third-order valence-electron chi connectivity index (χ3n) is 4.16. The van der Waals surface area contributed by atoms with Crippen molar-refractivity contribution in [2.75, 3.05) is 12.4 Å². The van der Waals surface area contributed by atoms with Crippen molar-refractivity contribution in [1.82, 2.24) is 0 Å². The first-order valence-electron chi connectivity index (χ1n) is 6.72. The van der Waals surface area contributed by atoms with Gasteiger partial charge < -0.3 is 14.6 Å². The van der Waals surface area contributed by atoms with Gasteiger partial charge in [0.05, 0.1) is 16.8 Å². The molecule has 1 fully saturated rings. The van der Waals surface area contributed by atoms with E-state index in [1.807, 2.05) is 27.7 Å². The third kappa shape index (κ3) is 3.36. The van der Waals surface area contributed by atoms with Crippen molar-refractivity contribution in [2.24, 2.45) is 0 Å². The molecule has 0 spiro atoms. The normalized spacial score (nSPS) is 19.7. The van der Waals surface area contributed by atoms with Crippen molar-refractivity contribution >= 4 is 30.7 Å². The molecule has 0 amide bonds. The molecule has 2 rings (SSSR count). The van der Waals surface area contributed by atoms with Crippen molar-refractivity contribution in [3.63, 3.8) is 0 Å². The minimum absolute atomic E-state index is 0. The molecule has 1 saturated heterocycles. The lowest BCUT2D eigenvalue weighted by Crippen LogP contribution is -2.41. The highest BCUT2D eigenvalue weighted by Crippen LogP contribution is 2.37. The SMILES string of the molecule is CNc1cc(C(F)(F)F)ccc1B1OC(C)(C)C(C)(C)O1.Cl. The van der Waals surface area contributed by atoms with Crippen molar-refractivity contribution in [1.29, 1.82) is 0 Å². The Kier molecular flexibility index (Phi) is 5.17. The van der Waals surface area contributed by atoms with Crippen molar-refractivity contribution in [3.05, 3.63) is 23.8 Å². The number of halogens is 4. The maximum atomic E-state index is 12.8. The predicted octanol–water partition coefficient (Wildman–Crippen LogP) is 3.47. The Morgan fingerprint density at radius 3 is 1.95 bits per heavy atom. The smallest absolute Gasteiger partial charge is 0.399 e. The van der Waals surface area contributed by atoms with Gasteiger partial charge in [0.25, 0.3) is 0 Å². The molecule has 0 atom stereocenters. The summed E-state index contributed by atoms with van der Waals surface area (Å²) >= 11 is 0. The van der Waals surface area contributed by atoms with Crippen molar-refractivity contribution in [2.45, 2.75) is 45.1 Å². The van der Waals surface area contributed by atoms with Crippen LogP contribution in [0, 0.1) is 0 Å². The summed E-state index contributed by atoms with van der Waals surface area (Å²) < 4.78 is 50.1. The molecule has 0 radical (unpaired) electrons. The van der Waals surface area contributed by atoms with E-state index < -0.39 is 30.1 Å². The van der Waals surface area contributed by atoms with Gasteiger partial charge in [-0.25, -0.2) is 0 Å². The minimum Gasteiger partial charge on any atom is -0.399 e. The van der Waals surface area contributed by atoms with Gasteiger partial charge in [-0.3, -0.25) is 0 Å². The maximum absolute atomic E-state index is 12.8. The molecule has 8 heteroatoms. The van der Waals surface area contributed by atoms with Crippen LogP contribution in [0.15, 0.2) is 18.2 Å². The average Bonchev–Trinajstić information content (AvgIpc) is 2.56. The summed E-state index contributed by atoms with van der Waals surface area (Å²) in [6, 6.07) is 3.51. The molecule has 1 aromatic rings. The fourth-order valence-corrected chi connectivity index (χ4v) is 2.12. The van der Waals surface area contributed by atoms with E-state index in [-0.39, 0.29) is 12.4 Å². The Morgan fingerprint density at radius 1 is 1.05 bits per heavy atom. The summed E-state index contributed by atoms with van der Waals surface area (Å²) in [7, 11) is 0.879. The van der Waals surface area contributed by atoms with E-state index in [0.29, 0.717) is 11.2 Å².